The number of rotatable bonds is 3. The van der Waals surface area contributed by atoms with Gasteiger partial charge in [-0.1, -0.05) is 61.4 Å². The van der Waals surface area contributed by atoms with Gasteiger partial charge < -0.3 is 14.7 Å². The van der Waals surface area contributed by atoms with Gasteiger partial charge >= 0.3 is 0 Å². The number of phenolic OH excluding ortho intramolecular Hbond substituents is 1. The first-order valence-corrected chi connectivity index (χ1v) is 13.8. The third-order valence-corrected chi connectivity index (χ3v) is 9.48. The summed E-state index contributed by atoms with van der Waals surface area (Å²) in [6.07, 6.45) is 5.35. The summed E-state index contributed by atoms with van der Waals surface area (Å²) >= 11 is 3.02. The minimum absolute atomic E-state index is 0.000465. The van der Waals surface area contributed by atoms with E-state index in [2.05, 4.69) is 4.90 Å². The van der Waals surface area contributed by atoms with E-state index in [0.29, 0.717) is 15.8 Å². The quantitative estimate of drug-likeness (QED) is 0.383. The number of aliphatic imine (C=N–C) groups is 1. The number of benzene rings is 3. The summed E-state index contributed by atoms with van der Waals surface area (Å²) in [7, 11) is 3.65. The molecule has 3 aromatic rings. The Bertz CT molecular complexity index is 1430. The number of thioether (sulfide) groups is 2. The number of phenols is 1. The molecule has 6 rings (SSSR count). The molecule has 2 fully saturated rings. The van der Waals surface area contributed by atoms with Crippen LogP contribution in [0.4, 0.5) is 11.4 Å². The van der Waals surface area contributed by atoms with Crippen LogP contribution in [-0.2, 0) is 4.79 Å². The number of hydrogen-bond acceptors (Lipinski definition) is 7. The molecule has 184 valence electrons. The third kappa shape index (κ3) is 3.92. The molecular formula is C28H27N3O3S2. The topological polar surface area (TPSA) is 65.4 Å². The van der Waals surface area contributed by atoms with Gasteiger partial charge in [-0.15, -0.1) is 0 Å². The number of hydrogen-bond donors (Lipinski definition) is 1. The highest BCUT2D eigenvalue weighted by molar-refractivity contribution is 8.19. The molecule has 0 atom stereocenters. The minimum atomic E-state index is -0.000465. The molecule has 0 radical (unpaired) electrons. The number of ether oxygens (including phenoxy) is 1. The van der Waals surface area contributed by atoms with Gasteiger partial charge in [0.2, 0.25) is 0 Å². The SMILES string of the molecule is COc1ccc2c(c1)N(C)/C(=C1/SC(=Nc3c(O)ccc4ccccc34)N(C3CCCCC3)C1=O)S2. The minimum Gasteiger partial charge on any atom is -0.506 e. The van der Waals surface area contributed by atoms with Crippen LogP contribution in [0.15, 0.2) is 74.4 Å². The summed E-state index contributed by atoms with van der Waals surface area (Å²) in [4.78, 5) is 24.7. The molecule has 2 aliphatic heterocycles. The number of methoxy groups -OCH3 is 1. The Morgan fingerprint density at radius 3 is 2.64 bits per heavy atom. The maximum atomic E-state index is 14.0. The molecule has 0 spiro atoms. The lowest BCUT2D eigenvalue weighted by Crippen LogP contribution is -2.40. The van der Waals surface area contributed by atoms with Crippen LogP contribution in [0.2, 0.25) is 0 Å². The van der Waals surface area contributed by atoms with Crippen molar-refractivity contribution in [2.75, 3.05) is 19.1 Å². The number of amides is 1. The van der Waals surface area contributed by atoms with Crippen LogP contribution in [0.3, 0.4) is 0 Å². The number of anilines is 1. The van der Waals surface area contributed by atoms with Crippen molar-refractivity contribution in [3.8, 4) is 11.5 Å². The highest BCUT2D eigenvalue weighted by Gasteiger charge is 2.42. The Labute approximate surface area is 219 Å². The van der Waals surface area contributed by atoms with E-state index >= 15 is 0 Å². The Morgan fingerprint density at radius 2 is 1.83 bits per heavy atom. The molecule has 2 heterocycles. The molecule has 0 unspecified atom stereocenters. The summed E-state index contributed by atoms with van der Waals surface area (Å²) < 4.78 is 5.42. The standard InChI is InChI=1S/C28H27N3O3S2/c1-30-21-16-19(34-2)13-15-23(21)35-27(30)25-26(33)31(18-9-4-3-5-10-18)28(36-25)29-24-20-11-7-6-8-17(20)12-14-22(24)32/h6-8,11-16,18,32H,3-5,9-10H2,1-2H3/b27-25-,29-28?. The van der Waals surface area contributed by atoms with E-state index in [1.165, 1.54) is 18.2 Å². The number of nitrogens with zero attached hydrogens (tertiary/aromatic N) is 3. The fraction of sp³-hybridized carbons (Fsp3) is 0.286. The number of amidine groups is 1. The average Bonchev–Trinajstić information content (AvgIpc) is 3.41. The number of fused-ring (bicyclic) bond motifs is 2. The highest BCUT2D eigenvalue weighted by Crippen LogP contribution is 2.52. The molecule has 1 amide bonds. The van der Waals surface area contributed by atoms with Crippen LogP contribution in [0.1, 0.15) is 32.1 Å². The normalized spacial score (nSPS) is 21.6. The van der Waals surface area contributed by atoms with Gasteiger partial charge in [-0.3, -0.25) is 9.69 Å². The molecule has 6 nitrogen and oxygen atoms in total. The van der Waals surface area contributed by atoms with Gasteiger partial charge in [0, 0.05) is 29.4 Å². The molecule has 0 bridgehead atoms. The van der Waals surface area contributed by atoms with E-state index in [9.17, 15) is 9.90 Å². The lowest BCUT2D eigenvalue weighted by molar-refractivity contribution is -0.124. The zero-order chi connectivity index (χ0) is 24.8. The second-order valence-corrected chi connectivity index (χ2v) is 11.3. The zero-order valence-electron chi connectivity index (χ0n) is 20.2. The van der Waals surface area contributed by atoms with E-state index in [0.717, 1.165) is 57.8 Å². The van der Waals surface area contributed by atoms with Gasteiger partial charge in [0.25, 0.3) is 5.91 Å². The maximum Gasteiger partial charge on any atom is 0.269 e. The average molecular weight is 518 g/mol. The summed E-state index contributed by atoms with van der Waals surface area (Å²) in [5.74, 6) is 0.903. The second-order valence-electron chi connectivity index (χ2n) is 9.25. The number of carbonyl (C=O) groups excluding carboxylic acids is 1. The Balaban J connectivity index is 1.46. The maximum absolute atomic E-state index is 14.0. The summed E-state index contributed by atoms with van der Waals surface area (Å²) in [5.41, 5.74) is 1.53. The van der Waals surface area contributed by atoms with Crippen LogP contribution in [0.5, 0.6) is 11.5 Å². The van der Waals surface area contributed by atoms with Crippen molar-refractivity contribution < 1.29 is 14.6 Å². The van der Waals surface area contributed by atoms with Crippen LogP contribution in [0.25, 0.3) is 10.8 Å². The molecular weight excluding hydrogens is 490 g/mol. The first-order chi connectivity index (χ1) is 17.5. The molecule has 8 heteroatoms. The number of aromatic hydroxyl groups is 1. The first-order valence-electron chi connectivity index (χ1n) is 12.2. The summed E-state index contributed by atoms with van der Waals surface area (Å²) in [5, 5.41) is 14.2. The molecule has 36 heavy (non-hydrogen) atoms. The zero-order valence-corrected chi connectivity index (χ0v) is 21.9. The monoisotopic (exact) mass is 517 g/mol. The summed E-state index contributed by atoms with van der Waals surface area (Å²) in [6, 6.07) is 17.6. The molecule has 1 N–H and O–H groups in total. The van der Waals surface area contributed by atoms with Gasteiger partial charge in [0.15, 0.2) is 5.17 Å². The third-order valence-electron chi connectivity index (χ3n) is 7.07. The molecule has 1 aliphatic carbocycles. The molecule has 1 saturated carbocycles. The van der Waals surface area contributed by atoms with Crippen molar-refractivity contribution in [2.45, 2.75) is 43.0 Å². The van der Waals surface area contributed by atoms with E-state index in [-0.39, 0.29) is 17.7 Å². The number of carbonyl (C=O) groups is 1. The largest absolute Gasteiger partial charge is 0.506 e. The van der Waals surface area contributed by atoms with E-state index in [4.69, 9.17) is 9.73 Å². The van der Waals surface area contributed by atoms with Gasteiger partial charge in [-0.25, -0.2) is 4.99 Å². The molecule has 3 aliphatic rings. The molecule has 3 aromatic carbocycles. The van der Waals surface area contributed by atoms with Gasteiger partial charge in [0.05, 0.1) is 17.8 Å². The van der Waals surface area contributed by atoms with Gasteiger partial charge in [-0.05, 0) is 48.2 Å². The van der Waals surface area contributed by atoms with Crippen molar-refractivity contribution in [2.24, 2.45) is 4.99 Å². The van der Waals surface area contributed by atoms with E-state index in [1.807, 2.05) is 60.5 Å². The fourth-order valence-electron chi connectivity index (χ4n) is 5.16. The summed E-state index contributed by atoms with van der Waals surface area (Å²) in [6.45, 7) is 0. The van der Waals surface area contributed by atoms with Crippen molar-refractivity contribution in [1.82, 2.24) is 4.90 Å². The van der Waals surface area contributed by atoms with E-state index < -0.39 is 0 Å². The van der Waals surface area contributed by atoms with E-state index in [1.54, 1.807) is 24.9 Å². The van der Waals surface area contributed by atoms with Crippen molar-refractivity contribution in [3.05, 3.63) is 64.5 Å². The predicted molar refractivity (Wildman–Crippen MR) is 148 cm³/mol. The first kappa shape index (κ1) is 23.3. The Morgan fingerprint density at radius 1 is 1.03 bits per heavy atom. The van der Waals surface area contributed by atoms with Crippen molar-refractivity contribution in [3.63, 3.8) is 0 Å². The van der Waals surface area contributed by atoms with Crippen molar-refractivity contribution >= 4 is 56.7 Å². The molecule has 0 aromatic heterocycles. The second kappa shape index (κ2) is 9.41. The van der Waals surface area contributed by atoms with Crippen LogP contribution < -0.4 is 9.64 Å². The highest BCUT2D eigenvalue weighted by atomic mass is 32.2. The van der Waals surface area contributed by atoms with Crippen molar-refractivity contribution in [1.29, 1.82) is 0 Å². The smallest absolute Gasteiger partial charge is 0.269 e. The Hall–Kier alpha value is -3.10. The van der Waals surface area contributed by atoms with Crippen LogP contribution >= 0.6 is 23.5 Å². The van der Waals surface area contributed by atoms with Crippen LogP contribution in [0, 0.1) is 0 Å². The fourth-order valence-corrected chi connectivity index (χ4v) is 7.53. The lowest BCUT2D eigenvalue weighted by atomic mass is 9.94. The molecule has 1 saturated heterocycles. The Kier molecular flexibility index (Phi) is 6.09. The predicted octanol–water partition coefficient (Wildman–Crippen LogP) is 6.86. The van der Waals surface area contributed by atoms with Crippen LogP contribution in [-0.4, -0.2) is 41.3 Å². The lowest BCUT2D eigenvalue weighted by Gasteiger charge is -2.30. The van der Waals surface area contributed by atoms with Gasteiger partial charge in [0.1, 0.15) is 22.1 Å². The van der Waals surface area contributed by atoms with Gasteiger partial charge in [-0.2, -0.15) is 0 Å².